The van der Waals surface area contributed by atoms with E-state index in [4.69, 9.17) is 0 Å². The van der Waals surface area contributed by atoms with Crippen LogP contribution in [0.5, 0.6) is 0 Å². The topological polar surface area (TPSA) is 6.48 Å². The quantitative estimate of drug-likeness (QED) is 0.111. The largest absolute Gasteiger partial charge is 0.309 e. The highest BCUT2D eigenvalue weighted by molar-refractivity contribution is 4.68. The standard InChI is InChI=1S/C31H66N2/c1-6-9-12-14-18-22-26-31(25-21-13-10-7-2)30-33(28-11-8-3)29-24-20-17-15-16-19-23-27-32(4)5/h31H,6-30H2,1-5H3. The maximum atomic E-state index is 2.86. The first kappa shape index (κ1) is 32.9. The van der Waals surface area contributed by atoms with Crippen LogP contribution in [0.15, 0.2) is 0 Å². The molecule has 0 heterocycles. The van der Waals surface area contributed by atoms with Crippen molar-refractivity contribution in [1.82, 2.24) is 9.80 Å². The molecule has 1 atom stereocenters. The van der Waals surface area contributed by atoms with E-state index in [0.717, 1.165) is 5.92 Å². The Morgan fingerprint density at radius 2 is 0.818 bits per heavy atom. The van der Waals surface area contributed by atoms with E-state index in [1.165, 1.54) is 161 Å². The zero-order valence-electron chi connectivity index (χ0n) is 24.1. The van der Waals surface area contributed by atoms with Crippen molar-refractivity contribution in [2.75, 3.05) is 40.3 Å². The second kappa shape index (κ2) is 26.5. The fourth-order valence-corrected chi connectivity index (χ4v) is 5.09. The van der Waals surface area contributed by atoms with Gasteiger partial charge in [0.25, 0.3) is 0 Å². The predicted octanol–water partition coefficient (Wildman–Crippen LogP) is 9.72. The van der Waals surface area contributed by atoms with Gasteiger partial charge in [-0.05, 0) is 71.8 Å². The van der Waals surface area contributed by atoms with Crippen LogP contribution in [-0.4, -0.2) is 50.1 Å². The molecule has 0 spiro atoms. The molecule has 0 aromatic rings. The average Bonchev–Trinajstić information content (AvgIpc) is 2.80. The van der Waals surface area contributed by atoms with Gasteiger partial charge in [0.2, 0.25) is 0 Å². The molecule has 0 saturated carbocycles. The van der Waals surface area contributed by atoms with Gasteiger partial charge in [-0.15, -0.1) is 0 Å². The summed E-state index contributed by atoms with van der Waals surface area (Å²) in [5, 5.41) is 0. The molecule has 0 rings (SSSR count). The Balaban J connectivity index is 4.26. The highest BCUT2D eigenvalue weighted by atomic mass is 15.1. The maximum absolute atomic E-state index is 2.86. The molecule has 0 aliphatic carbocycles. The van der Waals surface area contributed by atoms with Crippen LogP contribution in [0.4, 0.5) is 0 Å². The lowest BCUT2D eigenvalue weighted by Crippen LogP contribution is -2.31. The minimum absolute atomic E-state index is 0.946. The molecule has 0 amide bonds. The van der Waals surface area contributed by atoms with Gasteiger partial charge in [0, 0.05) is 6.54 Å². The Kier molecular flexibility index (Phi) is 26.5. The van der Waals surface area contributed by atoms with Gasteiger partial charge in [-0.3, -0.25) is 0 Å². The van der Waals surface area contributed by atoms with Crippen molar-refractivity contribution in [1.29, 1.82) is 0 Å². The van der Waals surface area contributed by atoms with Crippen LogP contribution in [0.1, 0.15) is 156 Å². The molecule has 2 heteroatoms. The highest BCUT2D eigenvalue weighted by Crippen LogP contribution is 2.21. The molecule has 33 heavy (non-hydrogen) atoms. The van der Waals surface area contributed by atoms with Crippen LogP contribution in [0.25, 0.3) is 0 Å². The Morgan fingerprint density at radius 3 is 1.33 bits per heavy atom. The van der Waals surface area contributed by atoms with Crippen LogP contribution < -0.4 is 0 Å². The summed E-state index contributed by atoms with van der Waals surface area (Å²) in [7, 11) is 4.38. The lowest BCUT2D eigenvalue weighted by Gasteiger charge is -2.28. The van der Waals surface area contributed by atoms with Gasteiger partial charge in [-0.25, -0.2) is 0 Å². The Bertz CT molecular complexity index is 355. The van der Waals surface area contributed by atoms with Crippen molar-refractivity contribution < 1.29 is 0 Å². The summed E-state index contributed by atoms with van der Waals surface area (Å²) >= 11 is 0. The van der Waals surface area contributed by atoms with E-state index in [1.807, 2.05) is 0 Å². The molecule has 0 N–H and O–H groups in total. The number of rotatable bonds is 27. The van der Waals surface area contributed by atoms with Gasteiger partial charge >= 0.3 is 0 Å². The summed E-state index contributed by atoms with van der Waals surface area (Å²) in [6.45, 7) is 12.3. The van der Waals surface area contributed by atoms with Gasteiger partial charge in [-0.1, -0.05) is 124 Å². The number of nitrogens with zero attached hydrogens (tertiary/aromatic N) is 2. The van der Waals surface area contributed by atoms with E-state index in [-0.39, 0.29) is 0 Å². The first-order valence-electron chi connectivity index (χ1n) is 15.5. The third kappa shape index (κ3) is 24.8. The highest BCUT2D eigenvalue weighted by Gasteiger charge is 2.14. The van der Waals surface area contributed by atoms with E-state index < -0.39 is 0 Å². The second-order valence-corrected chi connectivity index (χ2v) is 11.2. The molecule has 0 radical (unpaired) electrons. The van der Waals surface area contributed by atoms with Gasteiger partial charge < -0.3 is 9.80 Å². The molecule has 0 aliphatic rings. The third-order valence-corrected chi connectivity index (χ3v) is 7.36. The molecule has 2 nitrogen and oxygen atoms in total. The first-order chi connectivity index (χ1) is 16.1. The third-order valence-electron chi connectivity index (χ3n) is 7.36. The van der Waals surface area contributed by atoms with E-state index in [9.17, 15) is 0 Å². The van der Waals surface area contributed by atoms with Crippen molar-refractivity contribution in [2.24, 2.45) is 5.92 Å². The predicted molar refractivity (Wildman–Crippen MR) is 152 cm³/mol. The minimum atomic E-state index is 0.946. The summed E-state index contributed by atoms with van der Waals surface area (Å²) in [5.74, 6) is 0.946. The molecule has 0 aromatic heterocycles. The van der Waals surface area contributed by atoms with Crippen LogP contribution >= 0.6 is 0 Å². The summed E-state index contributed by atoms with van der Waals surface area (Å²) in [5.41, 5.74) is 0. The van der Waals surface area contributed by atoms with Gasteiger partial charge in [0.1, 0.15) is 0 Å². The molecule has 0 aliphatic heterocycles. The lowest BCUT2D eigenvalue weighted by atomic mass is 9.93. The van der Waals surface area contributed by atoms with Crippen LogP contribution in [-0.2, 0) is 0 Å². The molecule has 0 aromatic carbocycles. The molecule has 1 unspecified atom stereocenters. The minimum Gasteiger partial charge on any atom is -0.309 e. The Morgan fingerprint density at radius 1 is 0.424 bits per heavy atom. The number of unbranched alkanes of at least 4 members (excludes halogenated alkanes) is 15. The van der Waals surface area contributed by atoms with Crippen molar-refractivity contribution in [3.63, 3.8) is 0 Å². The molecular formula is C31H66N2. The van der Waals surface area contributed by atoms with Crippen molar-refractivity contribution in [3.8, 4) is 0 Å². The van der Waals surface area contributed by atoms with Crippen molar-refractivity contribution in [3.05, 3.63) is 0 Å². The zero-order valence-corrected chi connectivity index (χ0v) is 24.1. The summed E-state index contributed by atoms with van der Waals surface area (Å²) < 4.78 is 0. The van der Waals surface area contributed by atoms with E-state index >= 15 is 0 Å². The van der Waals surface area contributed by atoms with Crippen LogP contribution in [0.3, 0.4) is 0 Å². The first-order valence-corrected chi connectivity index (χ1v) is 15.5. The summed E-state index contributed by atoms with van der Waals surface area (Å²) in [6.07, 6.45) is 30.0. The summed E-state index contributed by atoms with van der Waals surface area (Å²) in [6, 6.07) is 0. The number of hydrogen-bond acceptors (Lipinski definition) is 2. The van der Waals surface area contributed by atoms with Crippen molar-refractivity contribution >= 4 is 0 Å². The smallest absolute Gasteiger partial charge is 0.000965 e. The second-order valence-electron chi connectivity index (χ2n) is 11.2. The average molecular weight is 467 g/mol. The Labute approximate surface area is 211 Å². The van der Waals surface area contributed by atoms with Gasteiger partial charge in [0.15, 0.2) is 0 Å². The molecule has 0 bridgehead atoms. The van der Waals surface area contributed by atoms with Gasteiger partial charge in [0.05, 0.1) is 0 Å². The van der Waals surface area contributed by atoms with Crippen LogP contribution in [0, 0.1) is 5.92 Å². The summed E-state index contributed by atoms with van der Waals surface area (Å²) in [4.78, 5) is 5.18. The lowest BCUT2D eigenvalue weighted by molar-refractivity contribution is 0.205. The molecular weight excluding hydrogens is 400 g/mol. The fourth-order valence-electron chi connectivity index (χ4n) is 5.09. The number of hydrogen-bond donors (Lipinski definition) is 0. The van der Waals surface area contributed by atoms with E-state index in [0.29, 0.717) is 0 Å². The molecule has 0 fully saturated rings. The van der Waals surface area contributed by atoms with E-state index in [1.54, 1.807) is 0 Å². The van der Waals surface area contributed by atoms with E-state index in [2.05, 4.69) is 44.7 Å². The van der Waals surface area contributed by atoms with Gasteiger partial charge in [-0.2, -0.15) is 0 Å². The van der Waals surface area contributed by atoms with Crippen molar-refractivity contribution in [2.45, 2.75) is 156 Å². The monoisotopic (exact) mass is 467 g/mol. The zero-order chi connectivity index (χ0) is 24.4. The fraction of sp³-hybridized carbons (Fsp3) is 1.00. The van der Waals surface area contributed by atoms with Crippen LogP contribution in [0.2, 0.25) is 0 Å². The SMILES string of the molecule is CCCCCCCCC(CCCCCC)CN(CCCC)CCCCCCCCCN(C)C. The maximum Gasteiger partial charge on any atom is 0.000965 e. The Hall–Kier alpha value is -0.0800. The molecule has 0 saturated heterocycles. The molecule has 200 valence electrons. The normalized spacial score (nSPS) is 12.8.